The summed E-state index contributed by atoms with van der Waals surface area (Å²) in [6.07, 6.45) is 0. The molecular weight excluding hydrogens is 318 g/mol. The number of aromatic nitrogens is 3. The Bertz CT molecular complexity index is 859. The van der Waals surface area contributed by atoms with Gasteiger partial charge in [0.1, 0.15) is 12.4 Å². The minimum atomic E-state index is -0.479. The van der Waals surface area contributed by atoms with Crippen molar-refractivity contribution in [1.29, 1.82) is 0 Å². The van der Waals surface area contributed by atoms with Crippen LogP contribution in [0.4, 0.5) is 0 Å². The van der Waals surface area contributed by atoms with Crippen LogP contribution in [0.25, 0.3) is 0 Å². The molecule has 2 aromatic carbocycles. The number of ether oxygens (including phenoxy) is 2. The predicted molar refractivity (Wildman–Crippen MR) is 92.4 cm³/mol. The van der Waals surface area contributed by atoms with Crippen molar-refractivity contribution in [3.8, 4) is 5.75 Å². The van der Waals surface area contributed by atoms with Gasteiger partial charge in [-0.25, -0.2) is 9.48 Å². The highest BCUT2D eigenvalue weighted by Crippen LogP contribution is 2.19. The molecule has 0 saturated carbocycles. The third-order valence-electron chi connectivity index (χ3n) is 3.90. The maximum atomic E-state index is 12.3. The van der Waals surface area contributed by atoms with E-state index >= 15 is 0 Å². The number of carbonyl (C=O) groups excluding carboxylic acids is 1. The zero-order valence-electron chi connectivity index (χ0n) is 14.2. The number of hydrogen-bond donors (Lipinski definition) is 0. The Balaban J connectivity index is 1.71. The third-order valence-corrected chi connectivity index (χ3v) is 3.90. The highest BCUT2D eigenvalue weighted by molar-refractivity contribution is 5.88. The minimum Gasteiger partial charge on any atom is -0.496 e. The normalized spacial score (nSPS) is 10.5. The molecule has 0 radical (unpaired) electrons. The second kappa shape index (κ2) is 7.61. The fourth-order valence-electron chi connectivity index (χ4n) is 2.49. The quantitative estimate of drug-likeness (QED) is 0.647. The largest absolute Gasteiger partial charge is 0.496 e. The first-order valence-corrected chi connectivity index (χ1v) is 7.92. The summed E-state index contributed by atoms with van der Waals surface area (Å²) in [5.74, 6) is 0.290. The Morgan fingerprint density at radius 3 is 2.56 bits per heavy atom. The topological polar surface area (TPSA) is 66.2 Å². The molecule has 0 unspecified atom stereocenters. The zero-order valence-corrected chi connectivity index (χ0v) is 14.2. The van der Waals surface area contributed by atoms with Crippen LogP contribution in [0.3, 0.4) is 0 Å². The average molecular weight is 337 g/mol. The summed E-state index contributed by atoms with van der Waals surface area (Å²) in [5, 5.41) is 8.05. The molecule has 0 aliphatic carbocycles. The number of benzene rings is 2. The van der Waals surface area contributed by atoms with E-state index in [0.29, 0.717) is 12.2 Å². The molecule has 1 aromatic heterocycles. The number of hydrogen-bond acceptors (Lipinski definition) is 5. The van der Waals surface area contributed by atoms with Crippen molar-refractivity contribution in [1.82, 2.24) is 15.0 Å². The van der Waals surface area contributed by atoms with E-state index in [4.69, 9.17) is 9.47 Å². The van der Waals surface area contributed by atoms with E-state index in [1.54, 1.807) is 18.7 Å². The van der Waals surface area contributed by atoms with Crippen LogP contribution >= 0.6 is 0 Å². The van der Waals surface area contributed by atoms with Gasteiger partial charge >= 0.3 is 5.97 Å². The van der Waals surface area contributed by atoms with Gasteiger partial charge in [-0.2, -0.15) is 0 Å². The molecule has 0 aliphatic rings. The van der Waals surface area contributed by atoms with Crippen molar-refractivity contribution in [2.45, 2.75) is 20.1 Å². The number of rotatable bonds is 6. The van der Waals surface area contributed by atoms with Gasteiger partial charge in [0.05, 0.1) is 19.3 Å². The van der Waals surface area contributed by atoms with Gasteiger partial charge in [0.25, 0.3) is 0 Å². The summed E-state index contributed by atoms with van der Waals surface area (Å²) in [6, 6.07) is 17.2. The van der Waals surface area contributed by atoms with Crippen LogP contribution in [0.5, 0.6) is 5.75 Å². The number of nitrogens with zero attached hydrogens (tertiary/aromatic N) is 3. The van der Waals surface area contributed by atoms with Gasteiger partial charge in [-0.15, -0.1) is 5.10 Å². The number of methoxy groups -OCH3 is 1. The molecule has 0 N–H and O–H groups in total. The second-order valence-electron chi connectivity index (χ2n) is 5.55. The van der Waals surface area contributed by atoms with Crippen LogP contribution in [-0.2, 0) is 17.9 Å². The summed E-state index contributed by atoms with van der Waals surface area (Å²) in [4.78, 5) is 12.3. The van der Waals surface area contributed by atoms with Gasteiger partial charge in [0.2, 0.25) is 0 Å². The number of para-hydroxylation sites is 1. The predicted octanol–water partition coefficient (Wildman–Crippen LogP) is 3.00. The lowest BCUT2D eigenvalue weighted by Crippen LogP contribution is -2.09. The van der Waals surface area contributed by atoms with Crippen molar-refractivity contribution < 1.29 is 14.3 Å². The molecule has 128 valence electrons. The van der Waals surface area contributed by atoms with Crippen molar-refractivity contribution >= 4 is 5.97 Å². The smallest absolute Gasteiger partial charge is 0.361 e. The lowest BCUT2D eigenvalue weighted by atomic mass is 10.2. The van der Waals surface area contributed by atoms with Crippen LogP contribution in [0.2, 0.25) is 0 Å². The summed E-state index contributed by atoms with van der Waals surface area (Å²) in [5.41, 5.74) is 2.77. The second-order valence-corrected chi connectivity index (χ2v) is 5.55. The Morgan fingerprint density at radius 1 is 1.08 bits per heavy atom. The summed E-state index contributed by atoms with van der Waals surface area (Å²) >= 11 is 0. The van der Waals surface area contributed by atoms with Crippen LogP contribution in [0.15, 0.2) is 54.6 Å². The maximum Gasteiger partial charge on any atom is 0.361 e. The molecule has 0 atom stereocenters. The zero-order chi connectivity index (χ0) is 17.6. The van der Waals surface area contributed by atoms with Crippen molar-refractivity contribution in [2.75, 3.05) is 7.11 Å². The summed E-state index contributed by atoms with van der Waals surface area (Å²) < 4.78 is 12.3. The number of carbonyl (C=O) groups is 1. The fourth-order valence-corrected chi connectivity index (χ4v) is 2.49. The molecule has 0 amide bonds. The molecule has 0 saturated heterocycles. The first-order chi connectivity index (χ1) is 12.2. The van der Waals surface area contributed by atoms with Gasteiger partial charge in [-0.3, -0.25) is 0 Å². The Kier molecular flexibility index (Phi) is 5.09. The third kappa shape index (κ3) is 3.85. The van der Waals surface area contributed by atoms with E-state index in [9.17, 15) is 4.79 Å². The molecule has 1 heterocycles. The highest BCUT2D eigenvalue weighted by Gasteiger charge is 2.18. The first-order valence-electron chi connectivity index (χ1n) is 7.92. The van der Waals surface area contributed by atoms with Gasteiger partial charge < -0.3 is 9.47 Å². The molecule has 25 heavy (non-hydrogen) atoms. The van der Waals surface area contributed by atoms with Crippen molar-refractivity contribution in [2.24, 2.45) is 0 Å². The van der Waals surface area contributed by atoms with E-state index in [1.807, 2.05) is 54.6 Å². The molecule has 3 aromatic rings. The Hall–Kier alpha value is -3.15. The molecule has 3 rings (SSSR count). The minimum absolute atomic E-state index is 0.207. The number of esters is 1. The average Bonchev–Trinajstić information content (AvgIpc) is 3.01. The standard InChI is InChI=1S/C19H19N3O3/c1-14-18(19(23)25-13-15-8-4-3-5-9-15)20-21-22(14)12-16-10-6-7-11-17(16)24-2/h3-11H,12-13H2,1-2H3. The van der Waals surface area contributed by atoms with E-state index in [1.165, 1.54) is 0 Å². The van der Waals surface area contributed by atoms with Gasteiger partial charge in [-0.1, -0.05) is 53.7 Å². The van der Waals surface area contributed by atoms with Crippen molar-refractivity contribution in [3.63, 3.8) is 0 Å². The lowest BCUT2D eigenvalue weighted by Gasteiger charge is -2.09. The van der Waals surface area contributed by atoms with Gasteiger partial charge in [0, 0.05) is 5.56 Å². The SMILES string of the molecule is COc1ccccc1Cn1nnc(C(=O)OCc2ccccc2)c1C. The molecule has 0 fully saturated rings. The maximum absolute atomic E-state index is 12.3. The van der Waals surface area contributed by atoms with E-state index < -0.39 is 5.97 Å². The van der Waals surface area contributed by atoms with Crippen LogP contribution in [0.1, 0.15) is 27.3 Å². The first kappa shape index (κ1) is 16.7. The van der Waals surface area contributed by atoms with Crippen LogP contribution in [-0.4, -0.2) is 28.1 Å². The van der Waals surface area contributed by atoms with Gasteiger partial charge in [-0.05, 0) is 18.6 Å². The molecule has 0 bridgehead atoms. The molecule has 6 heteroatoms. The fraction of sp³-hybridized carbons (Fsp3) is 0.211. The Labute approximate surface area is 146 Å². The summed E-state index contributed by atoms with van der Waals surface area (Å²) in [6.45, 7) is 2.47. The van der Waals surface area contributed by atoms with Crippen LogP contribution < -0.4 is 4.74 Å². The van der Waals surface area contributed by atoms with E-state index in [0.717, 1.165) is 16.9 Å². The monoisotopic (exact) mass is 337 g/mol. The highest BCUT2D eigenvalue weighted by atomic mass is 16.5. The molecular formula is C19H19N3O3. The van der Waals surface area contributed by atoms with Gasteiger partial charge in [0.15, 0.2) is 5.69 Å². The summed E-state index contributed by atoms with van der Waals surface area (Å²) in [7, 11) is 1.62. The van der Waals surface area contributed by atoms with Crippen LogP contribution in [0, 0.1) is 6.92 Å². The van der Waals surface area contributed by atoms with E-state index in [-0.39, 0.29) is 12.3 Å². The van der Waals surface area contributed by atoms with E-state index in [2.05, 4.69) is 10.3 Å². The molecule has 0 aliphatic heterocycles. The molecule has 0 spiro atoms. The van der Waals surface area contributed by atoms with Crippen molar-refractivity contribution in [3.05, 3.63) is 77.1 Å². The molecule has 6 nitrogen and oxygen atoms in total. The lowest BCUT2D eigenvalue weighted by molar-refractivity contribution is 0.0464. The Morgan fingerprint density at radius 2 is 1.80 bits per heavy atom.